The highest BCUT2D eigenvalue weighted by atomic mass is 79.9. The fourth-order valence-electron chi connectivity index (χ4n) is 1.48. The van der Waals surface area contributed by atoms with Crippen molar-refractivity contribution in [2.75, 3.05) is 18.4 Å². The van der Waals surface area contributed by atoms with E-state index < -0.39 is 5.60 Å². The number of hydrogen-bond donors (Lipinski definition) is 2. The molecule has 20 heavy (non-hydrogen) atoms. The number of nitrogens with one attached hydrogen (secondary N) is 2. The van der Waals surface area contributed by atoms with Crippen molar-refractivity contribution in [1.29, 1.82) is 0 Å². The highest BCUT2D eigenvalue weighted by Crippen LogP contribution is 2.16. The molecule has 0 aliphatic carbocycles. The molecule has 5 nitrogen and oxygen atoms in total. The summed E-state index contributed by atoms with van der Waals surface area (Å²) in [4.78, 5) is 15.6. The van der Waals surface area contributed by atoms with Crippen molar-refractivity contribution >= 4 is 27.7 Å². The number of halogens is 1. The van der Waals surface area contributed by atoms with Crippen molar-refractivity contribution < 1.29 is 9.53 Å². The summed E-state index contributed by atoms with van der Waals surface area (Å²) < 4.78 is 6.00. The molecule has 6 heteroatoms. The van der Waals surface area contributed by atoms with Crippen LogP contribution in [0.15, 0.2) is 16.9 Å². The summed E-state index contributed by atoms with van der Waals surface area (Å²) in [5.74, 6) is 0. The molecule has 0 fully saturated rings. The highest BCUT2D eigenvalue weighted by Gasteiger charge is 2.15. The molecule has 0 unspecified atom stereocenters. The van der Waals surface area contributed by atoms with Gasteiger partial charge in [-0.05, 0) is 61.7 Å². The molecule has 0 saturated heterocycles. The van der Waals surface area contributed by atoms with Gasteiger partial charge >= 0.3 is 6.09 Å². The number of alkyl carbamates (subject to hydrolysis) is 1. The number of pyridine rings is 1. The van der Waals surface area contributed by atoms with Crippen LogP contribution in [0.5, 0.6) is 0 Å². The van der Waals surface area contributed by atoms with Crippen LogP contribution in [0.3, 0.4) is 0 Å². The first-order valence-corrected chi connectivity index (χ1v) is 7.40. The monoisotopic (exact) mass is 343 g/mol. The van der Waals surface area contributed by atoms with E-state index >= 15 is 0 Å². The molecule has 0 aliphatic rings. The van der Waals surface area contributed by atoms with Crippen LogP contribution in [0.2, 0.25) is 0 Å². The van der Waals surface area contributed by atoms with Crippen molar-refractivity contribution in [2.45, 2.75) is 39.7 Å². The zero-order valence-corrected chi connectivity index (χ0v) is 14.0. The predicted molar refractivity (Wildman–Crippen MR) is 84.0 cm³/mol. The van der Waals surface area contributed by atoms with Crippen molar-refractivity contribution in [3.63, 3.8) is 0 Å². The second-order valence-electron chi connectivity index (χ2n) is 5.54. The molecular weight excluding hydrogens is 322 g/mol. The summed E-state index contributed by atoms with van der Waals surface area (Å²) >= 11 is 3.36. The molecule has 112 valence electrons. The van der Waals surface area contributed by atoms with E-state index in [0.29, 0.717) is 6.54 Å². The van der Waals surface area contributed by atoms with Crippen LogP contribution in [0.25, 0.3) is 0 Å². The van der Waals surface area contributed by atoms with Gasteiger partial charge in [0.05, 0.1) is 11.9 Å². The summed E-state index contributed by atoms with van der Waals surface area (Å²) in [7, 11) is 0. The van der Waals surface area contributed by atoms with Gasteiger partial charge in [0.15, 0.2) is 0 Å². The van der Waals surface area contributed by atoms with Gasteiger partial charge in [-0.2, -0.15) is 0 Å². The zero-order valence-electron chi connectivity index (χ0n) is 12.4. The maximum Gasteiger partial charge on any atom is 0.407 e. The molecule has 0 bridgehead atoms. The third-order valence-electron chi connectivity index (χ3n) is 2.37. The number of hydrogen-bond acceptors (Lipinski definition) is 4. The number of carbonyl (C=O) groups excluding carboxylic acids is 1. The molecule has 1 heterocycles. The SMILES string of the molecule is Cc1cc(NCCCNC(=O)OC(C)(C)C)cnc1Br. The molecule has 1 amide bonds. The van der Waals surface area contributed by atoms with Crippen LogP contribution in [0.1, 0.15) is 32.8 Å². The maximum atomic E-state index is 11.4. The van der Waals surface area contributed by atoms with Gasteiger partial charge in [0, 0.05) is 13.1 Å². The van der Waals surface area contributed by atoms with Crippen LogP contribution in [0.4, 0.5) is 10.5 Å². The Morgan fingerprint density at radius 1 is 1.40 bits per heavy atom. The Balaban J connectivity index is 2.19. The second-order valence-corrected chi connectivity index (χ2v) is 6.29. The van der Waals surface area contributed by atoms with E-state index in [1.165, 1.54) is 0 Å². The van der Waals surface area contributed by atoms with Gasteiger partial charge < -0.3 is 15.4 Å². The van der Waals surface area contributed by atoms with Gasteiger partial charge in [-0.25, -0.2) is 9.78 Å². The summed E-state index contributed by atoms with van der Waals surface area (Å²) in [5, 5.41) is 5.98. The molecule has 0 atom stereocenters. The topological polar surface area (TPSA) is 63.2 Å². The number of anilines is 1. The molecule has 0 aliphatic heterocycles. The fourth-order valence-corrected chi connectivity index (χ4v) is 1.70. The number of amides is 1. The lowest BCUT2D eigenvalue weighted by atomic mass is 10.2. The third-order valence-corrected chi connectivity index (χ3v) is 3.20. The van der Waals surface area contributed by atoms with Crippen molar-refractivity contribution in [2.24, 2.45) is 0 Å². The van der Waals surface area contributed by atoms with Crippen molar-refractivity contribution in [3.05, 3.63) is 22.4 Å². The molecule has 2 N–H and O–H groups in total. The summed E-state index contributed by atoms with van der Waals surface area (Å²) in [5.41, 5.74) is 1.60. The van der Waals surface area contributed by atoms with Crippen LogP contribution in [-0.4, -0.2) is 29.8 Å². The molecule has 1 rings (SSSR count). The lowest BCUT2D eigenvalue weighted by Crippen LogP contribution is -2.33. The number of ether oxygens (including phenoxy) is 1. The Labute approximate surface area is 128 Å². The van der Waals surface area contributed by atoms with E-state index in [9.17, 15) is 4.79 Å². The number of rotatable bonds is 5. The number of aromatic nitrogens is 1. The third kappa shape index (κ3) is 6.75. The van der Waals surface area contributed by atoms with Crippen LogP contribution >= 0.6 is 15.9 Å². The number of nitrogens with zero attached hydrogens (tertiary/aromatic N) is 1. The highest BCUT2D eigenvalue weighted by molar-refractivity contribution is 9.10. The lowest BCUT2D eigenvalue weighted by molar-refractivity contribution is 0.0528. The second kappa shape index (κ2) is 7.47. The largest absolute Gasteiger partial charge is 0.444 e. The van der Waals surface area contributed by atoms with Crippen molar-refractivity contribution in [3.8, 4) is 0 Å². The molecule has 0 aromatic carbocycles. The standard InChI is InChI=1S/C14H22BrN3O2/c1-10-8-11(9-18-12(10)15)16-6-5-7-17-13(19)20-14(2,3)4/h8-9,16H,5-7H2,1-4H3,(H,17,19). The zero-order chi connectivity index (χ0) is 15.2. The van der Waals surface area contributed by atoms with Gasteiger partial charge in [-0.3, -0.25) is 0 Å². The van der Waals surface area contributed by atoms with E-state index in [1.54, 1.807) is 6.20 Å². The van der Waals surface area contributed by atoms with E-state index in [0.717, 1.165) is 28.8 Å². The Morgan fingerprint density at radius 3 is 2.70 bits per heavy atom. The quantitative estimate of drug-likeness (QED) is 0.634. The number of carbonyl (C=O) groups is 1. The van der Waals surface area contributed by atoms with Gasteiger partial charge in [-0.15, -0.1) is 0 Å². The minimum Gasteiger partial charge on any atom is -0.444 e. The summed E-state index contributed by atoms with van der Waals surface area (Å²) in [6.07, 6.45) is 2.21. The first-order valence-electron chi connectivity index (χ1n) is 6.61. The van der Waals surface area contributed by atoms with Crippen LogP contribution in [0, 0.1) is 6.92 Å². The van der Waals surface area contributed by atoms with E-state index in [-0.39, 0.29) is 6.09 Å². The lowest BCUT2D eigenvalue weighted by Gasteiger charge is -2.19. The van der Waals surface area contributed by atoms with Gasteiger partial charge in [-0.1, -0.05) is 0 Å². The van der Waals surface area contributed by atoms with Gasteiger partial charge in [0.1, 0.15) is 10.2 Å². The average molecular weight is 344 g/mol. The normalized spacial score (nSPS) is 11.1. The van der Waals surface area contributed by atoms with E-state index in [2.05, 4.69) is 31.5 Å². The predicted octanol–water partition coefficient (Wildman–Crippen LogP) is 3.48. The molecule has 0 saturated carbocycles. The van der Waals surface area contributed by atoms with E-state index in [4.69, 9.17) is 4.74 Å². The van der Waals surface area contributed by atoms with Gasteiger partial charge in [0.2, 0.25) is 0 Å². The Hall–Kier alpha value is -1.30. The van der Waals surface area contributed by atoms with Crippen LogP contribution in [-0.2, 0) is 4.74 Å². The summed E-state index contributed by atoms with van der Waals surface area (Å²) in [6, 6.07) is 2.03. The molecule has 0 radical (unpaired) electrons. The fraction of sp³-hybridized carbons (Fsp3) is 0.571. The smallest absolute Gasteiger partial charge is 0.407 e. The number of aryl methyl sites for hydroxylation is 1. The maximum absolute atomic E-state index is 11.4. The molecule has 1 aromatic rings. The van der Waals surface area contributed by atoms with Crippen LogP contribution < -0.4 is 10.6 Å². The average Bonchev–Trinajstić information content (AvgIpc) is 2.31. The Morgan fingerprint density at radius 2 is 2.10 bits per heavy atom. The van der Waals surface area contributed by atoms with E-state index in [1.807, 2.05) is 33.8 Å². The molecule has 1 aromatic heterocycles. The molecule has 0 spiro atoms. The van der Waals surface area contributed by atoms with Crippen molar-refractivity contribution in [1.82, 2.24) is 10.3 Å². The minimum atomic E-state index is -0.455. The Bertz CT molecular complexity index is 458. The van der Waals surface area contributed by atoms with Gasteiger partial charge in [0.25, 0.3) is 0 Å². The first kappa shape index (κ1) is 16.8. The first-order chi connectivity index (χ1) is 9.28. The summed E-state index contributed by atoms with van der Waals surface area (Å²) in [6.45, 7) is 8.86. The molecular formula is C14H22BrN3O2. The Kier molecular flexibility index (Phi) is 6.26. The minimum absolute atomic E-state index is 0.376.